The van der Waals surface area contributed by atoms with Gasteiger partial charge in [-0.1, -0.05) is 44.2 Å². The van der Waals surface area contributed by atoms with Gasteiger partial charge in [0.25, 0.3) is 0 Å². The van der Waals surface area contributed by atoms with Crippen molar-refractivity contribution in [2.45, 2.75) is 70.8 Å². The lowest BCUT2D eigenvalue weighted by Crippen LogP contribution is -2.55. The van der Waals surface area contributed by atoms with Gasteiger partial charge in [-0.15, -0.1) is 0 Å². The van der Waals surface area contributed by atoms with Crippen molar-refractivity contribution < 1.29 is 24.2 Å². The number of amides is 4. The van der Waals surface area contributed by atoms with Crippen LogP contribution in [0.4, 0.5) is 4.79 Å². The summed E-state index contributed by atoms with van der Waals surface area (Å²) in [7, 11) is 0. The zero-order chi connectivity index (χ0) is 28.4. The molecular weight excluding hydrogens is 518 g/mol. The summed E-state index contributed by atoms with van der Waals surface area (Å²) in [6, 6.07) is -0.505. The first kappa shape index (κ1) is 27.4. The molecule has 4 amide bonds. The molecule has 7 aliphatic rings. The number of imide groups is 1. The van der Waals surface area contributed by atoms with Crippen LogP contribution in [0.15, 0.2) is 36.5 Å². The number of nitrogens with one attached hydrogen (secondary N) is 2. The molecule has 0 aromatic carbocycles. The van der Waals surface area contributed by atoms with E-state index in [4.69, 9.17) is 4.74 Å². The number of rotatable bonds is 11. The molecule has 0 radical (unpaired) electrons. The number of nitrogens with zero attached hydrogens (tertiary/aromatic N) is 1. The maximum Gasteiger partial charge on any atom is 0.326 e. The van der Waals surface area contributed by atoms with Crippen molar-refractivity contribution in [2.75, 3.05) is 13.1 Å². The smallest absolute Gasteiger partial charge is 0.326 e. The van der Waals surface area contributed by atoms with Gasteiger partial charge in [0.1, 0.15) is 12.3 Å². The minimum absolute atomic E-state index is 0.150. The Morgan fingerprint density at radius 3 is 2.22 bits per heavy atom. The van der Waals surface area contributed by atoms with Crippen LogP contribution in [0.3, 0.4) is 0 Å². The minimum atomic E-state index is -0.822. The number of aliphatic hydroxyl groups is 1. The highest BCUT2D eigenvalue weighted by atomic mass is 16.5. The van der Waals surface area contributed by atoms with Crippen LogP contribution in [-0.4, -0.2) is 59.4 Å². The van der Waals surface area contributed by atoms with Gasteiger partial charge in [0.05, 0.1) is 6.10 Å². The molecule has 0 aromatic rings. The quantitative estimate of drug-likeness (QED) is 0.202. The summed E-state index contributed by atoms with van der Waals surface area (Å²) in [6.07, 6.45) is 17.8. The highest BCUT2D eigenvalue weighted by Crippen LogP contribution is 2.70. The summed E-state index contributed by atoms with van der Waals surface area (Å²) in [5, 5.41) is 15.7. The van der Waals surface area contributed by atoms with E-state index in [1.54, 1.807) is 13.0 Å². The largest absolute Gasteiger partial charge is 0.390 e. The SMILES string of the molecule is CC1CC1/C=C/C1CC1C1CC1C1CC1C1CC1/C=C/C=C/C(=O)NCC1OC(N2CCC(=O)NC2=O)C(C)C1O. The van der Waals surface area contributed by atoms with E-state index in [0.29, 0.717) is 5.92 Å². The van der Waals surface area contributed by atoms with Crippen molar-refractivity contribution in [2.24, 2.45) is 65.1 Å². The molecule has 5 aliphatic carbocycles. The van der Waals surface area contributed by atoms with Gasteiger partial charge in [-0.25, -0.2) is 4.79 Å². The van der Waals surface area contributed by atoms with Crippen molar-refractivity contribution in [3.8, 4) is 0 Å². The van der Waals surface area contributed by atoms with Crippen LogP contribution in [0.5, 0.6) is 0 Å². The number of hydrogen-bond donors (Lipinski definition) is 3. The fourth-order valence-corrected chi connectivity index (χ4v) is 8.09. The van der Waals surface area contributed by atoms with E-state index < -0.39 is 24.5 Å². The third kappa shape index (κ3) is 5.92. The molecule has 2 saturated heterocycles. The Morgan fingerprint density at radius 1 is 0.927 bits per heavy atom. The normalized spacial score (nSPS) is 48.2. The second-order valence-electron chi connectivity index (χ2n) is 14.2. The van der Waals surface area contributed by atoms with Gasteiger partial charge in [-0.05, 0) is 91.3 Å². The average molecular weight is 564 g/mol. The topological polar surface area (TPSA) is 108 Å². The zero-order valence-corrected chi connectivity index (χ0v) is 24.2. The van der Waals surface area contributed by atoms with Crippen LogP contribution >= 0.6 is 0 Å². The van der Waals surface area contributed by atoms with Crippen molar-refractivity contribution in [3.05, 3.63) is 36.5 Å². The Labute approximate surface area is 243 Å². The highest BCUT2D eigenvalue weighted by Gasteiger charge is 2.63. The van der Waals surface area contributed by atoms with Gasteiger partial charge in [0, 0.05) is 31.5 Å². The van der Waals surface area contributed by atoms with Crippen LogP contribution in [0.2, 0.25) is 0 Å². The number of allylic oxidation sites excluding steroid dienone is 5. The molecule has 7 rings (SSSR count). The van der Waals surface area contributed by atoms with Crippen LogP contribution in [-0.2, 0) is 14.3 Å². The van der Waals surface area contributed by atoms with Crippen LogP contribution < -0.4 is 10.6 Å². The van der Waals surface area contributed by atoms with Gasteiger partial charge >= 0.3 is 6.03 Å². The lowest BCUT2D eigenvalue weighted by atomic mass is 10.0. The second kappa shape index (κ2) is 10.7. The van der Waals surface area contributed by atoms with E-state index in [-0.39, 0.29) is 37.2 Å². The molecule has 2 aliphatic heterocycles. The van der Waals surface area contributed by atoms with Gasteiger partial charge in [0.2, 0.25) is 11.8 Å². The Balaban J connectivity index is 0.787. The third-order valence-electron chi connectivity index (χ3n) is 11.3. The van der Waals surface area contributed by atoms with Crippen molar-refractivity contribution in [1.82, 2.24) is 15.5 Å². The molecule has 14 unspecified atom stereocenters. The van der Waals surface area contributed by atoms with Crippen LogP contribution in [0.1, 0.15) is 52.4 Å². The van der Waals surface area contributed by atoms with Crippen LogP contribution in [0.25, 0.3) is 0 Å². The summed E-state index contributed by atoms with van der Waals surface area (Å²) in [5.74, 6) is 8.28. The van der Waals surface area contributed by atoms with E-state index in [1.165, 1.54) is 43.1 Å². The predicted octanol–water partition coefficient (Wildman–Crippen LogP) is 3.64. The third-order valence-corrected chi connectivity index (χ3v) is 11.3. The van der Waals surface area contributed by atoms with Crippen molar-refractivity contribution in [1.29, 1.82) is 0 Å². The van der Waals surface area contributed by atoms with E-state index >= 15 is 0 Å². The number of hydrogen-bond acceptors (Lipinski definition) is 5. The molecule has 8 heteroatoms. The lowest BCUT2D eigenvalue weighted by Gasteiger charge is -2.33. The van der Waals surface area contributed by atoms with Crippen LogP contribution in [0, 0.1) is 65.1 Å². The summed E-state index contributed by atoms with van der Waals surface area (Å²) >= 11 is 0. The van der Waals surface area contributed by atoms with Gasteiger partial charge in [-0.3, -0.25) is 19.8 Å². The predicted molar refractivity (Wildman–Crippen MR) is 153 cm³/mol. The Kier molecular flexibility index (Phi) is 7.13. The summed E-state index contributed by atoms with van der Waals surface area (Å²) < 4.78 is 5.92. The zero-order valence-electron chi connectivity index (χ0n) is 24.2. The Bertz CT molecular complexity index is 1170. The van der Waals surface area contributed by atoms with Gasteiger partial charge in [0.15, 0.2) is 0 Å². The molecule has 14 atom stereocenters. The molecule has 2 heterocycles. The Morgan fingerprint density at radius 2 is 1.56 bits per heavy atom. The summed E-state index contributed by atoms with van der Waals surface area (Å²) in [4.78, 5) is 37.4. The molecular formula is C33H45N3O5. The molecule has 3 N–H and O–H groups in total. The summed E-state index contributed by atoms with van der Waals surface area (Å²) in [5.41, 5.74) is 0. The molecule has 0 spiro atoms. The molecule has 0 aromatic heterocycles. The highest BCUT2D eigenvalue weighted by molar-refractivity contribution is 5.96. The molecule has 5 saturated carbocycles. The number of ether oxygens (including phenoxy) is 1. The maximum atomic E-state index is 12.3. The second-order valence-corrected chi connectivity index (χ2v) is 14.2. The average Bonchev–Trinajstić information content (AvgIpc) is 3.72. The first-order valence-electron chi connectivity index (χ1n) is 16.0. The fourth-order valence-electron chi connectivity index (χ4n) is 8.09. The van der Waals surface area contributed by atoms with Crippen molar-refractivity contribution >= 4 is 17.8 Å². The van der Waals surface area contributed by atoms with E-state index in [0.717, 1.165) is 53.3 Å². The standard InChI is InChI=1S/C33H45N3O5/c1-17-11-19(17)7-8-21-13-23(21)25-15-27(25)26-14-24(26)22-12-20(22)5-3-4-6-29(37)34-16-28-31(39)18(2)32(41-28)36-10-9-30(38)35-33(36)40/h3-8,17-28,31-32,39H,9-16H2,1-2H3,(H,34,37)(H,35,38,40)/b5-3+,6-4+,8-7+. The van der Waals surface area contributed by atoms with E-state index in [1.807, 2.05) is 6.08 Å². The molecule has 8 nitrogen and oxygen atoms in total. The monoisotopic (exact) mass is 563 g/mol. The molecule has 41 heavy (non-hydrogen) atoms. The number of carbonyl (C=O) groups excluding carboxylic acids is 3. The van der Waals surface area contributed by atoms with Gasteiger partial charge in [-0.2, -0.15) is 0 Å². The number of carbonyl (C=O) groups is 3. The van der Waals surface area contributed by atoms with E-state index in [9.17, 15) is 19.5 Å². The molecule has 7 fully saturated rings. The molecule has 0 bridgehead atoms. The van der Waals surface area contributed by atoms with Gasteiger partial charge < -0.3 is 15.2 Å². The van der Waals surface area contributed by atoms with E-state index in [2.05, 4.69) is 35.8 Å². The number of urea groups is 1. The maximum absolute atomic E-state index is 12.3. The first-order valence-corrected chi connectivity index (χ1v) is 16.0. The fraction of sp³-hybridized carbons (Fsp3) is 0.727. The molecule has 222 valence electrons. The first-order chi connectivity index (χ1) is 19.8. The van der Waals surface area contributed by atoms with Crippen molar-refractivity contribution in [3.63, 3.8) is 0 Å². The Hall–Kier alpha value is -2.45. The number of aliphatic hydroxyl groups excluding tert-OH is 1. The summed E-state index contributed by atoms with van der Waals surface area (Å²) in [6.45, 7) is 4.57. The minimum Gasteiger partial charge on any atom is -0.390 e. The lowest BCUT2D eigenvalue weighted by molar-refractivity contribution is -0.124.